The van der Waals surface area contributed by atoms with Crippen LogP contribution in [0.2, 0.25) is 0 Å². The summed E-state index contributed by atoms with van der Waals surface area (Å²) >= 11 is 1.49. The largest absolute Gasteiger partial charge is 0.381 e. The summed E-state index contributed by atoms with van der Waals surface area (Å²) in [7, 11) is 0. The molecule has 0 radical (unpaired) electrons. The van der Waals surface area contributed by atoms with E-state index < -0.39 is 0 Å². The Hall–Kier alpha value is -0.520. The lowest BCUT2D eigenvalue weighted by Gasteiger charge is -2.29. The molecule has 1 fully saturated rings. The molecule has 2 unspecified atom stereocenters. The van der Waals surface area contributed by atoms with Crippen LogP contribution in [0.25, 0.3) is 0 Å². The average Bonchev–Trinajstić information content (AvgIpc) is 2.80. The molecule has 1 aromatic heterocycles. The normalized spacial score (nSPS) is 23.9. The van der Waals surface area contributed by atoms with Gasteiger partial charge in [0.2, 0.25) is 0 Å². The molecular weight excluding hydrogens is 210 g/mol. The molecule has 1 saturated heterocycles. The zero-order chi connectivity index (χ0) is 10.5. The summed E-state index contributed by atoms with van der Waals surface area (Å²) in [4.78, 5) is 1.23. The second-order valence-electron chi connectivity index (χ2n) is 3.83. The zero-order valence-electron chi connectivity index (χ0n) is 8.98. The third-order valence-electron chi connectivity index (χ3n) is 2.78. The highest BCUT2D eigenvalue weighted by Crippen LogP contribution is 2.29. The topological polar surface area (TPSA) is 47.0 Å². The molecule has 84 valence electrons. The minimum absolute atomic E-state index is 0.371. The minimum atomic E-state index is 0.371. The van der Waals surface area contributed by atoms with Gasteiger partial charge >= 0.3 is 0 Å². The number of hydrogen-bond donors (Lipinski definition) is 1. The van der Waals surface area contributed by atoms with Crippen LogP contribution in [0.1, 0.15) is 30.7 Å². The lowest BCUT2D eigenvalue weighted by atomic mass is 9.93. The van der Waals surface area contributed by atoms with Crippen molar-refractivity contribution in [2.24, 2.45) is 5.92 Å². The van der Waals surface area contributed by atoms with Crippen molar-refractivity contribution < 1.29 is 4.74 Å². The smallest absolute Gasteiger partial charge is 0.0669 e. The second-order valence-corrected chi connectivity index (χ2v) is 4.65. The third kappa shape index (κ3) is 2.74. The van der Waals surface area contributed by atoms with Gasteiger partial charge in [-0.2, -0.15) is 0 Å². The van der Waals surface area contributed by atoms with E-state index in [0.29, 0.717) is 12.0 Å². The molecule has 1 aliphatic rings. The molecule has 1 aliphatic heterocycles. The van der Waals surface area contributed by atoms with Crippen LogP contribution in [-0.2, 0) is 4.74 Å². The Morgan fingerprint density at radius 2 is 2.67 bits per heavy atom. The molecular formula is C10H17N3OS. The molecule has 0 spiro atoms. The molecule has 0 saturated carbocycles. The highest BCUT2D eigenvalue weighted by atomic mass is 32.1. The maximum Gasteiger partial charge on any atom is 0.0669 e. The van der Waals surface area contributed by atoms with Gasteiger partial charge in [-0.1, -0.05) is 11.4 Å². The SMILES string of the molecule is CCNC(c1cnns1)C1CCCOC1. The number of rotatable bonds is 4. The highest BCUT2D eigenvalue weighted by molar-refractivity contribution is 7.05. The minimum Gasteiger partial charge on any atom is -0.381 e. The maximum absolute atomic E-state index is 5.53. The summed E-state index contributed by atoms with van der Waals surface area (Å²) in [6.07, 6.45) is 4.26. The molecule has 2 rings (SSSR count). The van der Waals surface area contributed by atoms with Crippen molar-refractivity contribution in [2.45, 2.75) is 25.8 Å². The van der Waals surface area contributed by atoms with E-state index in [1.54, 1.807) is 0 Å². The molecule has 2 atom stereocenters. The van der Waals surface area contributed by atoms with Gasteiger partial charge in [-0.05, 0) is 30.9 Å². The van der Waals surface area contributed by atoms with Crippen molar-refractivity contribution in [1.29, 1.82) is 0 Å². The number of nitrogens with zero attached hydrogens (tertiary/aromatic N) is 2. The van der Waals surface area contributed by atoms with E-state index in [1.807, 2.05) is 6.20 Å². The Balaban J connectivity index is 2.04. The van der Waals surface area contributed by atoms with Crippen LogP contribution in [0.4, 0.5) is 0 Å². The fraction of sp³-hybridized carbons (Fsp3) is 0.800. The summed E-state index contributed by atoms with van der Waals surface area (Å²) in [5.41, 5.74) is 0. The van der Waals surface area contributed by atoms with Crippen molar-refractivity contribution in [3.63, 3.8) is 0 Å². The lowest BCUT2D eigenvalue weighted by molar-refractivity contribution is 0.0398. The van der Waals surface area contributed by atoms with Crippen LogP contribution < -0.4 is 5.32 Å². The quantitative estimate of drug-likeness (QED) is 0.849. The number of nitrogens with one attached hydrogen (secondary N) is 1. The Kier molecular flexibility index (Phi) is 4.05. The van der Waals surface area contributed by atoms with E-state index in [4.69, 9.17) is 4.74 Å². The van der Waals surface area contributed by atoms with E-state index in [2.05, 4.69) is 21.8 Å². The molecule has 5 heteroatoms. The second kappa shape index (κ2) is 5.53. The van der Waals surface area contributed by atoms with Crippen LogP contribution in [0.5, 0.6) is 0 Å². The molecule has 0 bridgehead atoms. The first-order valence-electron chi connectivity index (χ1n) is 5.50. The van der Waals surface area contributed by atoms with Crippen molar-refractivity contribution in [2.75, 3.05) is 19.8 Å². The molecule has 1 aromatic rings. The monoisotopic (exact) mass is 227 g/mol. The van der Waals surface area contributed by atoms with Crippen LogP contribution in [0, 0.1) is 5.92 Å². The average molecular weight is 227 g/mol. The van der Waals surface area contributed by atoms with Crippen LogP contribution in [-0.4, -0.2) is 29.3 Å². The fourth-order valence-electron chi connectivity index (χ4n) is 2.06. The van der Waals surface area contributed by atoms with E-state index in [-0.39, 0.29) is 0 Å². The van der Waals surface area contributed by atoms with Gasteiger partial charge in [-0.3, -0.25) is 0 Å². The Bertz CT molecular complexity index is 272. The maximum atomic E-state index is 5.53. The predicted octanol–water partition coefficient (Wildman–Crippen LogP) is 1.62. The molecule has 4 nitrogen and oxygen atoms in total. The van der Waals surface area contributed by atoms with Crippen LogP contribution >= 0.6 is 11.5 Å². The number of aromatic nitrogens is 2. The van der Waals surface area contributed by atoms with Gasteiger partial charge in [0.1, 0.15) is 0 Å². The molecule has 0 aliphatic carbocycles. The third-order valence-corrected chi connectivity index (χ3v) is 3.52. The summed E-state index contributed by atoms with van der Waals surface area (Å²) in [5.74, 6) is 0.570. The van der Waals surface area contributed by atoms with Gasteiger partial charge in [-0.15, -0.1) is 5.10 Å². The lowest BCUT2D eigenvalue weighted by Crippen LogP contribution is -2.32. The van der Waals surface area contributed by atoms with Crippen molar-refractivity contribution in [1.82, 2.24) is 14.9 Å². The Morgan fingerprint density at radius 3 is 3.27 bits per heavy atom. The molecule has 2 heterocycles. The van der Waals surface area contributed by atoms with Crippen molar-refractivity contribution in [3.05, 3.63) is 11.1 Å². The van der Waals surface area contributed by atoms with Gasteiger partial charge in [0, 0.05) is 18.6 Å². The van der Waals surface area contributed by atoms with Gasteiger partial charge in [-0.25, -0.2) is 0 Å². The van der Waals surface area contributed by atoms with Crippen LogP contribution in [0.15, 0.2) is 6.20 Å². The van der Waals surface area contributed by atoms with Gasteiger partial charge in [0.05, 0.1) is 17.7 Å². The first kappa shape index (κ1) is 11.0. The molecule has 1 N–H and O–H groups in total. The van der Waals surface area contributed by atoms with E-state index >= 15 is 0 Å². The Morgan fingerprint density at radius 1 is 1.73 bits per heavy atom. The molecule has 0 aromatic carbocycles. The number of ether oxygens (including phenoxy) is 1. The first-order chi connectivity index (χ1) is 7.42. The summed E-state index contributed by atoms with van der Waals surface area (Å²) < 4.78 is 9.46. The van der Waals surface area contributed by atoms with Crippen molar-refractivity contribution in [3.8, 4) is 0 Å². The van der Waals surface area contributed by atoms with E-state index in [1.165, 1.54) is 29.3 Å². The van der Waals surface area contributed by atoms with E-state index in [0.717, 1.165) is 19.8 Å². The summed E-state index contributed by atoms with van der Waals surface area (Å²) in [5, 5.41) is 7.41. The van der Waals surface area contributed by atoms with E-state index in [9.17, 15) is 0 Å². The molecule has 0 amide bonds. The fourth-order valence-corrected chi connectivity index (χ4v) is 2.73. The summed E-state index contributed by atoms with van der Waals surface area (Å²) in [6, 6.07) is 0.371. The van der Waals surface area contributed by atoms with Gasteiger partial charge < -0.3 is 10.1 Å². The van der Waals surface area contributed by atoms with Crippen molar-refractivity contribution >= 4 is 11.5 Å². The summed E-state index contributed by atoms with van der Waals surface area (Å²) in [6.45, 7) is 4.87. The zero-order valence-corrected chi connectivity index (χ0v) is 9.80. The predicted molar refractivity (Wildman–Crippen MR) is 59.9 cm³/mol. The van der Waals surface area contributed by atoms with Gasteiger partial charge in [0.15, 0.2) is 0 Å². The van der Waals surface area contributed by atoms with Gasteiger partial charge in [0.25, 0.3) is 0 Å². The molecule has 15 heavy (non-hydrogen) atoms. The van der Waals surface area contributed by atoms with Crippen LogP contribution in [0.3, 0.4) is 0 Å². The standard InChI is InChI=1S/C10H17N3OS/c1-2-11-10(9-6-12-13-15-9)8-4-3-5-14-7-8/h6,8,10-11H,2-5,7H2,1H3. The Labute approximate surface area is 94.2 Å². The highest BCUT2D eigenvalue weighted by Gasteiger charge is 2.26. The first-order valence-corrected chi connectivity index (χ1v) is 6.27. The number of hydrogen-bond acceptors (Lipinski definition) is 5.